The minimum absolute atomic E-state index is 0.153. The van der Waals surface area contributed by atoms with E-state index in [1.165, 1.54) is 18.4 Å². The first-order valence-electron chi connectivity index (χ1n) is 6.65. The number of aliphatic hydroxyl groups excluding tert-OH is 1. The van der Waals surface area contributed by atoms with Crippen LogP contribution in [-0.4, -0.2) is 29.2 Å². The van der Waals surface area contributed by atoms with Crippen LogP contribution < -0.4 is 0 Å². The van der Waals surface area contributed by atoms with Crippen molar-refractivity contribution in [3.63, 3.8) is 0 Å². The zero-order chi connectivity index (χ0) is 12.3. The smallest absolute Gasteiger partial charge is 0.0695 e. The summed E-state index contributed by atoms with van der Waals surface area (Å²) in [6, 6.07) is 11.2. The highest BCUT2D eigenvalue weighted by Crippen LogP contribution is 2.28. The standard InChI is InChI=1S/C15H23NO/c1-12(13-8-4-3-5-9-13)16(2)14-10-6-7-11-15(14)17/h3-5,8-9,12,14-15,17H,6-7,10-11H2,1-2H3/t12-,14+,15+/m0/s1. The molecule has 1 aliphatic carbocycles. The van der Waals surface area contributed by atoms with Gasteiger partial charge in [-0.1, -0.05) is 43.2 Å². The lowest BCUT2D eigenvalue weighted by atomic mass is 9.90. The van der Waals surface area contributed by atoms with Gasteiger partial charge in [0.05, 0.1) is 6.10 Å². The third-order valence-electron chi connectivity index (χ3n) is 4.11. The molecule has 2 rings (SSSR count). The molecular formula is C15H23NO. The summed E-state index contributed by atoms with van der Waals surface area (Å²) in [6.45, 7) is 2.22. The van der Waals surface area contributed by atoms with Gasteiger partial charge < -0.3 is 5.11 Å². The van der Waals surface area contributed by atoms with Crippen LogP contribution in [0.3, 0.4) is 0 Å². The normalized spacial score (nSPS) is 27.1. The van der Waals surface area contributed by atoms with E-state index in [4.69, 9.17) is 0 Å². The van der Waals surface area contributed by atoms with Gasteiger partial charge in [0.25, 0.3) is 0 Å². The predicted molar refractivity (Wildman–Crippen MR) is 70.9 cm³/mol. The highest BCUT2D eigenvalue weighted by atomic mass is 16.3. The maximum absolute atomic E-state index is 10.1. The Morgan fingerprint density at radius 3 is 2.47 bits per heavy atom. The Morgan fingerprint density at radius 2 is 1.82 bits per heavy atom. The van der Waals surface area contributed by atoms with Crippen molar-refractivity contribution in [2.45, 2.75) is 50.8 Å². The van der Waals surface area contributed by atoms with Gasteiger partial charge in [0.15, 0.2) is 0 Å². The Balaban J connectivity index is 2.06. The van der Waals surface area contributed by atoms with Crippen molar-refractivity contribution in [2.24, 2.45) is 0 Å². The molecule has 0 aliphatic heterocycles. The largest absolute Gasteiger partial charge is 0.391 e. The number of aliphatic hydroxyl groups is 1. The molecule has 0 radical (unpaired) electrons. The van der Waals surface area contributed by atoms with Crippen LogP contribution in [0.15, 0.2) is 30.3 Å². The van der Waals surface area contributed by atoms with Gasteiger partial charge in [-0.15, -0.1) is 0 Å². The molecule has 0 amide bonds. The third kappa shape index (κ3) is 2.88. The predicted octanol–water partition coefficient (Wildman–Crippen LogP) is 2.98. The summed E-state index contributed by atoms with van der Waals surface area (Å²) in [5.74, 6) is 0. The molecule has 0 heterocycles. The molecule has 0 bridgehead atoms. The first-order chi connectivity index (χ1) is 8.20. The fraction of sp³-hybridized carbons (Fsp3) is 0.600. The van der Waals surface area contributed by atoms with E-state index in [2.05, 4.69) is 43.1 Å². The van der Waals surface area contributed by atoms with E-state index in [0.717, 1.165) is 12.8 Å². The molecule has 17 heavy (non-hydrogen) atoms. The average molecular weight is 233 g/mol. The van der Waals surface area contributed by atoms with Crippen LogP contribution in [0.4, 0.5) is 0 Å². The third-order valence-corrected chi connectivity index (χ3v) is 4.11. The van der Waals surface area contributed by atoms with Gasteiger partial charge >= 0.3 is 0 Å². The number of hydrogen-bond donors (Lipinski definition) is 1. The second-order valence-corrected chi connectivity index (χ2v) is 5.17. The van der Waals surface area contributed by atoms with Gasteiger partial charge in [-0.2, -0.15) is 0 Å². The van der Waals surface area contributed by atoms with Crippen LogP contribution in [0.25, 0.3) is 0 Å². The Labute approximate surface area is 104 Å². The summed E-state index contributed by atoms with van der Waals surface area (Å²) >= 11 is 0. The molecule has 1 aliphatic rings. The quantitative estimate of drug-likeness (QED) is 0.867. The molecule has 0 unspecified atom stereocenters. The van der Waals surface area contributed by atoms with Crippen molar-refractivity contribution in [3.05, 3.63) is 35.9 Å². The van der Waals surface area contributed by atoms with Crippen molar-refractivity contribution in [3.8, 4) is 0 Å². The monoisotopic (exact) mass is 233 g/mol. The number of nitrogens with zero attached hydrogens (tertiary/aromatic N) is 1. The summed E-state index contributed by atoms with van der Waals surface area (Å²) in [5.41, 5.74) is 1.33. The molecule has 2 nitrogen and oxygen atoms in total. The summed E-state index contributed by atoms with van der Waals surface area (Å²) in [7, 11) is 2.14. The van der Waals surface area contributed by atoms with Crippen LogP contribution in [0, 0.1) is 0 Å². The van der Waals surface area contributed by atoms with Crippen molar-refractivity contribution in [1.29, 1.82) is 0 Å². The zero-order valence-electron chi connectivity index (χ0n) is 10.8. The molecule has 3 atom stereocenters. The summed E-state index contributed by atoms with van der Waals surface area (Å²) in [6.07, 6.45) is 4.34. The summed E-state index contributed by atoms with van der Waals surface area (Å²) < 4.78 is 0. The molecule has 1 aromatic carbocycles. The molecule has 1 aromatic rings. The van der Waals surface area contributed by atoms with Gasteiger partial charge in [0, 0.05) is 12.1 Å². The Bertz CT molecular complexity index is 338. The fourth-order valence-electron chi connectivity index (χ4n) is 2.82. The first kappa shape index (κ1) is 12.6. The van der Waals surface area contributed by atoms with Gasteiger partial charge in [-0.05, 0) is 32.4 Å². The van der Waals surface area contributed by atoms with Crippen LogP contribution >= 0.6 is 0 Å². The second kappa shape index (κ2) is 5.65. The molecule has 1 N–H and O–H groups in total. The minimum atomic E-state index is -0.153. The second-order valence-electron chi connectivity index (χ2n) is 5.17. The average Bonchev–Trinajstić information content (AvgIpc) is 2.39. The molecule has 0 spiro atoms. The van der Waals surface area contributed by atoms with Crippen LogP contribution in [-0.2, 0) is 0 Å². The Morgan fingerprint density at radius 1 is 1.18 bits per heavy atom. The van der Waals surface area contributed by atoms with Gasteiger partial charge in [-0.3, -0.25) is 4.90 Å². The molecule has 1 saturated carbocycles. The van der Waals surface area contributed by atoms with Crippen molar-refractivity contribution < 1.29 is 5.11 Å². The molecular weight excluding hydrogens is 210 g/mol. The number of benzene rings is 1. The van der Waals surface area contributed by atoms with Gasteiger partial charge in [-0.25, -0.2) is 0 Å². The number of rotatable bonds is 3. The van der Waals surface area contributed by atoms with E-state index in [0.29, 0.717) is 12.1 Å². The first-order valence-corrected chi connectivity index (χ1v) is 6.65. The number of hydrogen-bond acceptors (Lipinski definition) is 2. The highest BCUT2D eigenvalue weighted by Gasteiger charge is 2.29. The van der Waals surface area contributed by atoms with Crippen molar-refractivity contribution in [1.82, 2.24) is 4.90 Å². The molecule has 0 aromatic heterocycles. The summed E-state index contributed by atoms with van der Waals surface area (Å²) in [4.78, 5) is 2.33. The molecule has 2 heteroatoms. The topological polar surface area (TPSA) is 23.5 Å². The lowest BCUT2D eigenvalue weighted by Crippen LogP contribution is -2.44. The van der Waals surface area contributed by atoms with E-state index in [1.807, 2.05) is 6.07 Å². The van der Waals surface area contributed by atoms with Crippen molar-refractivity contribution >= 4 is 0 Å². The SMILES string of the molecule is C[C@@H](c1ccccc1)N(C)[C@@H]1CCCC[C@H]1O. The van der Waals surface area contributed by atoms with Crippen LogP contribution in [0.1, 0.15) is 44.2 Å². The lowest BCUT2D eigenvalue weighted by Gasteiger charge is -2.38. The number of likely N-dealkylation sites (N-methyl/N-ethyl adjacent to an activating group) is 1. The lowest BCUT2D eigenvalue weighted by molar-refractivity contribution is 0.0155. The summed E-state index contributed by atoms with van der Waals surface area (Å²) in [5, 5.41) is 10.1. The minimum Gasteiger partial charge on any atom is -0.391 e. The zero-order valence-corrected chi connectivity index (χ0v) is 10.8. The molecule has 1 fully saturated rings. The van der Waals surface area contributed by atoms with Crippen molar-refractivity contribution in [2.75, 3.05) is 7.05 Å². The van der Waals surface area contributed by atoms with Crippen LogP contribution in [0.5, 0.6) is 0 Å². The van der Waals surface area contributed by atoms with E-state index in [1.54, 1.807) is 0 Å². The van der Waals surface area contributed by atoms with Crippen LogP contribution in [0.2, 0.25) is 0 Å². The van der Waals surface area contributed by atoms with E-state index < -0.39 is 0 Å². The Kier molecular flexibility index (Phi) is 4.19. The van der Waals surface area contributed by atoms with Gasteiger partial charge in [0.1, 0.15) is 0 Å². The highest BCUT2D eigenvalue weighted by molar-refractivity contribution is 5.18. The molecule has 0 saturated heterocycles. The van der Waals surface area contributed by atoms with E-state index in [9.17, 15) is 5.11 Å². The molecule has 94 valence electrons. The fourth-order valence-corrected chi connectivity index (χ4v) is 2.82. The Hall–Kier alpha value is -0.860. The van der Waals surface area contributed by atoms with Gasteiger partial charge in [0.2, 0.25) is 0 Å². The van der Waals surface area contributed by atoms with E-state index in [-0.39, 0.29) is 6.10 Å². The maximum Gasteiger partial charge on any atom is 0.0695 e. The van der Waals surface area contributed by atoms with E-state index >= 15 is 0 Å². The maximum atomic E-state index is 10.1.